The Kier molecular flexibility index (Phi) is 6.83. The largest absolute Gasteiger partial charge is 0.224 e. The summed E-state index contributed by atoms with van der Waals surface area (Å²) in [5.41, 5.74) is 0. The molecule has 0 bridgehead atoms. The van der Waals surface area contributed by atoms with Gasteiger partial charge in [-0.2, -0.15) is 11.8 Å². The molecule has 86 valence electrons. The Morgan fingerprint density at radius 3 is 2.67 bits per heavy atom. The van der Waals surface area contributed by atoms with E-state index in [2.05, 4.69) is 22.4 Å². The summed E-state index contributed by atoms with van der Waals surface area (Å²) < 4.78 is 1.72. The van der Waals surface area contributed by atoms with Gasteiger partial charge in [0.1, 0.15) is 0 Å². The van der Waals surface area contributed by atoms with E-state index in [1.807, 2.05) is 18.8 Å². The van der Waals surface area contributed by atoms with Crippen molar-refractivity contribution >= 4 is 23.5 Å². The van der Waals surface area contributed by atoms with Crippen molar-refractivity contribution in [3.63, 3.8) is 0 Å². The first-order valence-electron chi connectivity index (χ1n) is 5.27. The quantitative estimate of drug-likeness (QED) is 0.520. The molecule has 0 aliphatic carbocycles. The zero-order chi connectivity index (χ0) is 10.9. The van der Waals surface area contributed by atoms with Gasteiger partial charge >= 0.3 is 0 Å². The maximum atomic E-state index is 3.92. The summed E-state index contributed by atoms with van der Waals surface area (Å²) in [4.78, 5) is 0. The molecule has 0 unspecified atom stereocenters. The monoisotopic (exact) mass is 246 g/mol. The van der Waals surface area contributed by atoms with Crippen LogP contribution in [0.25, 0.3) is 0 Å². The number of rotatable bonds is 8. The van der Waals surface area contributed by atoms with E-state index in [-0.39, 0.29) is 0 Å². The van der Waals surface area contributed by atoms with E-state index in [1.54, 1.807) is 16.4 Å². The predicted octanol–water partition coefficient (Wildman–Crippen LogP) is 2.23. The molecule has 0 N–H and O–H groups in total. The van der Waals surface area contributed by atoms with Crippen molar-refractivity contribution in [2.45, 2.75) is 31.3 Å². The summed E-state index contributed by atoms with van der Waals surface area (Å²) in [6, 6.07) is 0. The molecule has 1 aromatic rings. The Morgan fingerprint density at radius 2 is 2.00 bits per heavy atom. The predicted molar refractivity (Wildman–Crippen MR) is 66.4 cm³/mol. The fourth-order valence-corrected chi connectivity index (χ4v) is 3.03. The summed E-state index contributed by atoms with van der Waals surface area (Å²) in [7, 11) is 1.87. The van der Waals surface area contributed by atoms with Gasteiger partial charge in [0, 0.05) is 12.8 Å². The van der Waals surface area contributed by atoms with Crippen molar-refractivity contribution < 1.29 is 0 Å². The number of nitrogens with zero attached hydrogens (tertiary/aromatic N) is 4. The van der Waals surface area contributed by atoms with Gasteiger partial charge in [-0.25, -0.2) is 4.68 Å². The molecule has 0 aromatic carbocycles. The third-order valence-electron chi connectivity index (χ3n) is 1.89. The van der Waals surface area contributed by atoms with Gasteiger partial charge in [0.2, 0.25) is 5.16 Å². The van der Waals surface area contributed by atoms with Crippen LogP contribution in [0.3, 0.4) is 0 Å². The van der Waals surface area contributed by atoms with Gasteiger partial charge in [-0.3, -0.25) is 0 Å². The van der Waals surface area contributed by atoms with Crippen LogP contribution in [-0.2, 0) is 7.05 Å². The number of unbranched alkanes of at least 4 members (excludes halogenated alkanes) is 1. The molecule has 0 saturated carbocycles. The van der Waals surface area contributed by atoms with Gasteiger partial charge in [-0.1, -0.05) is 25.1 Å². The highest BCUT2D eigenvalue weighted by Crippen LogP contribution is 2.15. The SMILES string of the molecule is CCCCSCCCSc1nnnn1C. The Hall–Kier alpha value is -0.230. The Morgan fingerprint density at radius 1 is 1.20 bits per heavy atom. The average molecular weight is 246 g/mol. The molecular formula is C9H18N4S2. The lowest BCUT2D eigenvalue weighted by molar-refractivity contribution is 0.664. The zero-order valence-corrected chi connectivity index (χ0v) is 11.0. The molecule has 1 rings (SSSR count). The van der Waals surface area contributed by atoms with Gasteiger partial charge in [0.15, 0.2) is 0 Å². The van der Waals surface area contributed by atoms with Crippen molar-refractivity contribution in [2.24, 2.45) is 7.05 Å². The minimum absolute atomic E-state index is 0.911. The second-order valence-corrected chi connectivity index (χ2v) is 5.54. The van der Waals surface area contributed by atoms with Crippen LogP contribution in [0, 0.1) is 0 Å². The second kappa shape index (κ2) is 7.98. The second-order valence-electron chi connectivity index (χ2n) is 3.25. The van der Waals surface area contributed by atoms with Crippen LogP contribution in [-0.4, -0.2) is 37.5 Å². The first-order chi connectivity index (χ1) is 7.34. The van der Waals surface area contributed by atoms with Gasteiger partial charge in [-0.05, 0) is 34.8 Å². The lowest BCUT2D eigenvalue weighted by Gasteiger charge is -2.00. The standard InChI is InChI=1S/C9H18N4S2/c1-3-4-6-14-7-5-8-15-9-10-11-12-13(9)2/h3-8H2,1-2H3. The number of aromatic nitrogens is 4. The van der Waals surface area contributed by atoms with Crippen LogP contribution in [0.15, 0.2) is 5.16 Å². The molecule has 0 fully saturated rings. The topological polar surface area (TPSA) is 43.6 Å². The normalized spacial score (nSPS) is 10.8. The molecule has 0 atom stereocenters. The van der Waals surface area contributed by atoms with E-state index >= 15 is 0 Å². The molecule has 0 aliphatic rings. The molecule has 6 heteroatoms. The first-order valence-corrected chi connectivity index (χ1v) is 7.41. The van der Waals surface area contributed by atoms with E-state index in [4.69, 9.17) is 0 Å². The van der Waals surface area contributed by atoms with Crippen molar-refractivity contribution in [3.05, 3.63) is 0 Å². The average Bonchev–Trinajstić information content (AvgIpc) is 2.63. The fraction of sp³-hybridized carbons (Fsp3) is 0.889. The van der Waals surface area contributed by atoms with Crippen LogP contribution in [0.4, 0.5) is 0 Å². The lowest BCUT2D eigenvalue weighted by Crippen LogP contribution is -1.94. The summed E-state index contributed by atoms with van der Waals surface area (Å²) in [6.07, 6.45) is 3.86. The highest BCUT2D eigenvalue weighted by atomic mass is 32.2. The van der Waals surface area contributed by atoms with E-state index < -0.39 is 0 Å². The number of tetrazole rings is 1. The van der Waals surface area contributed by atoms with Crippen LogP contribution < -0.4 is 0 Å². The summed E-state index contributed by atoms with van der Waals surface area (Å²) >= 11 is 3.78. The Labute approximate surface area is 99.6 Å². The maximum absolute atomic E-state index is 3.92. The van der Waals surface area contributed by atoms with Gasteiger partial charge in [0.25, 0.3) is 0 Å². The third-order valence-corrected chi connectivity index (χ3v) is 4.14. The van der Waals surface area contributed by atoms with Crippen molar-refractivity contribution in [2.75, 3.05) is 17.3 Å². The molecular weight excluding hydrogens is 228 g/mol. The Bertz CT molecular complexity index is 264. The molecule has 1 aromatic heterocycles. The minimum Gasteiger partial charge on any atom is -0.224 e. The molecule has 1 heterocycles. The van der Waals surface area contributed by atoms with Gasteiger partial charge in [0.05, 0.1) is 0 Å². The maximum Gasteiger partial charge on any atom is 0.209 e. The lowest BCUT2D eigenvalue weighted by atomic mass is 10.4. The van der Waals surface area contributed by atoms with E-state index in [0.717, 1.165) is 10.9 Å². The van der Waals surface area contributed by atoms with Crippen molar-refractivity contribution in [1.29, 1.82) is 0 Å². The molecule has 0 spiro atoms. The number of hydrogen-bond donors (Lipinski definition) is 0. The molecule has 0 saturated heterocycles. The fourth-order valence-electron chi connectivity index (χ4n) is 1.02. The smallest absolute Gasteiger partial charge is 0.209 e. The Balaban J connectivity index is 1.96. The molecule has 0 aliphatic heterocycles. The van der Waals surface area contributed by atoms with Gasteiger partial charge < -0.3 is 0 Å². The van der Waals surface area contributed by atoms with E-state index in [9.17, 15) is 0 Å². The summed E-state index contributed by atoms with van der Waals surface area (Å²) in [5, 5.41) is 12.2. The van der Waals surface area contributed by atoms with Gasteiger partial charge in [-0.15, -0.1) is 5.10 Å². The molecule has 0 amide bonds. The third kappa shape index (κ3) is 5.41. The van der Waals surface area contributed by atoms with Crippen LogP contribution >= 0.6 is 23.5 Å². The highest BCUT2D eigenvalue weighted by Gasteiger charge is 2.01. The van der Waals surface area contributed by atoms with Crippen LogP contribution in [0.1, 0.15) is 26.2 Å². The number of hydrogen-bond acceptors (Lipinski definition) is 5. The highest BCUT2D eigenvalue weighted by molar-refractivity contribution is 8.00. The molecule has 0 radical (unpaired) electrons. The van der Waals surface area contributed by atoms with Crippen molar-refractivity contribution in [3.8, 4) is 0 Å². The van der Waals surface area contributed by atoms with Crippen LogP contribution in [0.5, 0.6) is 0 Å². The first kappa shape index (κ1) is 12.8. The van der Waals surface area contributed by atoms with Crippen LogP contribution in [0.2, 0.25) is 0 Å². The summed E-state index contributed by atoms with van der Waals surface area (Å²) in [6.45, 7) is 2.23. The molecule has 15 heavy (non-hydrogen) atoms. The minimum atomic E-state index is 0.911. The zero-order valence-electron chi connectivity index (χ0n) is 9.35. The van der Waals surface area contributed by atoms with E-state index in [1.165, 1.54) is 30.8 Å². The summed E-state index contributed by atoms with van der Waals surface area (Å²) in [5.74, 6) is 3.65. The van der Waals surface area contributed by atoms with Crippen molar-refractivity contribution in [1.82, 2.24) is 20.2 Å². The molecule has 4 nitrogen and oxygen atoms in total. The van der Waals surface area contributed by atoms with E-state index in [0.29, 0.717) is 0 Å². The number of thioether (sulfide) groups is 2. The number of aryl methyl sites for hydroxylation is 1.